The molecule has 1 aromatic heterocycles. The predicted octanol–water partition coefficient (Wildman–Crippen LogP) is -0.370. The summed E-state index contributed by atoms with van der Waals surface area (Å²) in [4.78, 5) is 14.8. The Labute approximate surface area is 71.3 Å². The number of rotatable bonds is 2. The Morgan fingerprint density at radius 3 is 2.83 bits per heavy atom. The van der Waals surface area contributed by atoms with Crippen LogP contribution in [0.3, 0.4) is 0 Å². The summed E-state index contributed by atoms with van der Waals surface area (Å²) in [5, 5.41) is 0. The molecule has 1 aromatic rings. The summed E-state index contributed by atoms with van der Waals surface area (Å²) in [5.41, 5.74) is 1.19. The predicted molar refractivity (Wildman–Crippen MR) is 48.1 cm³/mol. The maximum absolute atomic E-state index is 10.9. The molecule has 0 bridgehead atoms. The van der Waals surface area contributed by atoms with Crippen molar-refractivity contribution in [3.05, 3.63) is 24.0 Å². The van der Waals surface area contributed by atoms with Crippen molar-refractivity contribution >= 4 is 24.8 Å². The summed E-state index contributed by atoms with van der Waals surface area (Å²) in [7, 11) is 1.32. The average molecular weight is 161 g/mol. The molecule has 0 fully saturated rings. The van der Waals surface area contributed by atoms with E-state index in [1.54, 1.807) is 25.3 Å². The van der Waals surface area contributed by atoms with Crippen molar-refractivity contribution in [2.45, 2.75) is 0 Å². The molecule has 0 radical (unpaired) electrons. The van der Waals surface area contributed by atoms with Gasteiger partial charge in [-0.25, -0.2) is 0 Å². The topological polar surface area (TPSA) is 39.2 Å². The number of ether oxygens (including phenoxy) is 1. The van der Waals surface area contributed by atoms with Crippen LogP contribution in [-0.2, 0) is 4.74 Å². The molecule has 0 aliphatic heterocycles. The standard InChI is InChI=1S/C8H8BNO2/c1-9-6-3-4-7(10-5-6)8(11)12-2/h3-5H,1H2,2H3. The van der Waals surface area contributed by atoms with Crippen LogP contribution in [0.4, 0.5) is 0 Å². The molecule has 0 aliphatic carbocycles. The molecule has 60 valence electrons. The van der Waals surface area contributed by atoms with Gasteiger partial charge in [-0.05, 0) is 0 Å². The molecule has 1 rings (SSSR count). The van der Waals surface area contributed by atoms with Gasteiger partial charge in [-0.15, -0.1) is 0 Å². The molecule has 0 atom stereocenters. The second-order valence-electron chi connectivity index (χ2n) is 2.17. The first-order valence-electron chi connectivity index (χ1n) is 3.44. The fourth-order valence-corrected chi connectivity index (χ4v) is 0.751. The number of nitrogens with zero attached hydrogens (tertiary/aromatic N) is 1. The monoisotopic (exact) mass is 161 g/mol. The van der Waals surface area contributed by atoms with Gasteiger partial charge in [0.25, 0.3) is 0 Å². The second kappa shape index (κ2) is 3.81. The number of pyridine rings is 1. The van der Waals surface area contributed by atoms with Gasteiger partial charge in [0, 0.05) is 0 Å². The summed E-state index contributed by atoms with van der Waals surface area (Å²) in [6.07, 6.45) is 1.57. The van der Waals surface area contributed by atoms with E-state index in [1.807, 2.05) is 0 Å². The molecule has 12 heavy (non-hydrogen) atoms. The normalized spacial score (nSPS) is 8.75. The minimum atomic E-state index is -0.425. The van der Waals surface area contributed by atoms with Gasteiger partial charge in [0.2, 0.25) is 0 Å². The maximum atomic E-state index is 10.9. The Hall–Kier alpha value is -1.45. The van der Waals surface area contributed by atoms with E-state index in [4.69, 9.17) is 0 Å². The Morgan fingerprint density at radius 1 is 1.67 bits per heavy atom. The van der Waals surface area contributed by atoms with Crippen molar-refractivity contribution < 1.29 is 9.53 Å². The van der Waals surface area contributed by atoms with Crippen LogP contribution in [0.15, 0.2) is 18.3 Å². The molecule has 0 amide bonds. The van der Waals surface area contributed by atoms with Crippen LogP contribution < -0.4 is 5.46 Å². The van der Waals surface area contributed by atoms with E-state index in [-0.39, 0.29) is 0 Å². The Kier molecular flexibility index (Phi) is 2.74. The number of hydrogen-bond donors (Lipinski definition) is 0. The molecule has 3 nitrogen and oxygen atoms in total. The van der Waals surface area contributed by atoms with E-state index in [2.05, 4.69) is 16.2 Å². The zero-order chi connectivity index (χ0) is 8.97. The van der Waals surface area contributed by atoms with E-state index < -0.39 is 5.97 Å². The molecule has 0 saturated heterocycles. The van der Waals surface area contributed by atoms with Crippen LogP contribution in [0.1, 0.15) is 10.5 Å². The zero-order valence-electron chi connectivity index (χ0n) is 6.78. The third kappa shape index (κ3) is 1.78. The van der Waals surface area contributed by atoms with Gasteiger partial charge >= 0.3 is 70.5 Å². The third-order valence-corrected chi connectivity index (χ3v) is 1.42. The van der Waals surface area contributed by atoms with Crippen LogP contribution in [0.5, 0.6) is 0 Å². The first kappa shape index (κ1) is 8.65. The van der Waals surface area contributed by atoms with Gasteiger partial charge in [-0.3, -0.25) is 0 Å². The summed E-state index contributed by atoms with van der Waals surface area (Å²) in [5.74, 6) is -0.425. The molecule has 0 unspecified atom stereocenters. The Bertz CT molecular complexity index is 294. The van der Waals surface area contributed by atoms with Crippen molar-refractivity contribution in [3.63, 3.8) is 0 Å². The van der Waals surface area contributed by atoms with Crippen molar-refractivity contribution in [2.24, 2.45) is 0 Å². The molecule has 0 saturated carbocycles. The van der Waals surface area contributed by atoms with Crippen LogP contribution in [0.2, 0.25) is 0 Å². The quantitative estimate of drug-likeness (QED) is 0.438. The number of carbonyl (C=O) groups is 1. The first-order valence-corrected chi connectivity index (χ1v) is 3.44. The van der Waals surface area contributed by atoms with Crippen molar-refractivity contribution in [3.8, 4) is 0 Å². The number of methoxy groups -OCH3 is 1. The summed E-state index contributed by atoms with van der Waals surface area (Å²) < 4.78 is 4.48. The zero-order valence-corrected chi connectivity index (χ0v) is 6.78. The van der Waals surface area contributed by atoms with Gasteiger partial charge in [0.1, 0.15) is 0 Å². The van der Waals surface area contributed by atoms with Crippen molar-refractivity contribution in [1.29, 1.82) is 0 Å². The summed E-state index contributed by atoms with van der Waals surface area (Å²) in [6, 6.07) is 3.36. The first-order chi connectivity index (χ1) is 5.77. The number of carbonyl (C=O) groups excluding carboxylic acids is 1. The third-order valence-electron chi connectivity index (χ3n) is 1.42. The fourth-order valence-electron chi connectivity index (χ4n) is 0.751. The van der Waals surface area contributed by atoms with E-state index in [1.165, 1.54) is 7.11 Å². The van der Waals surface area contributed by atoms with Gasteiger partial charge in [0.15, 0.2) is 0 Å². The molecule has 0 aromatic carbocycles. The molecular weight excluding hydrogens is 153 g/mol. The summed E-state index contributed by atoms with van der Waals surface area (Å²) >= 11 is 0. The molecular formula is C8H8BNO2. The van der Waals surface area contributed by atoms with Gasteiger partial charge in [-0.1, -0.05) is 0 Å². The molecule has 1 heterocycles. The molecule has 0 aliphatic rings. The van der Waals surface area contributed by atoms with Gasteiger partial charge in [0.05, 0.1) is 0 Å². The van der Waals surface area contributed by atoms with E-state index >= 15 is 0 Å². The van der Waals surface area contributed by atoms with Crippen LogP contribution >= 0.6 is 0 Å². The van der Waals surface area contributed by atoms with Gasteiger partial charge < -0.3 is 0 Å². The SMILES string of the molecule is C=Bc1ccc(C(=O)OC)nc1. The number of hydrogen-bond acceptors (Lipinski definition) is 3. The molecule has 4 heteroatoms. The number of aromatic nitrogens is 1. The van der Waals surface area contributed by atoms with E-state index in [9.17, 15) is 4.79 Å². The summed E-state index contributed by atoms with van der Waals surface area (Å²) in [6.45, 7) is 5.23. The van der Waals surface area contributed by atoms with Crippen molar-refractivity contribution in [2.75, 3.05) is 7.11 Å². The fraction of sp³-hybridized carbons (Fsp3) is 0.125. The van der Waals surface area contributed by atoms with Crippen LogP contribution in [0, 0.1) is 0 Å². The Balaban J connectivity index is 2.91. The number of esters is 1. The molecule has 0 N–H and O–H groups in total. The van der Waals surface area contributed by atoms with Gasteiger partial charge in [-0.2, -0.15) is 0 Å². The minimum absolute atomic E-state index is 0.308. The Morgan fingerprint density at radius 2 is 2.42 bits per heavy atom. The average Bonchev–Trinajstić information content (AvgIpc) is 2.17. The molecule has 0 spiro atoms. The second-order valence-corrected chi connectivity index (χ2v) is 2.17. The van der Waals surface area contributed by atoms with Crippen molar-refractivity contribution in [1.82, 2.24) is 4.98 Å². The van der Waals surface area contributed by atoms with Crippen LogP contribution in [-0.4, -0.2) is 31.5 Å². The van der Waals surface area contributed by atoms with E-state index in [0.717, 1.165) is 5.46 Å². The van der Waals surface area contributed by atoms with E-state index in [0.29, 0.717) is 5.69 Å². The van der Waals surface area contributed by atoms with Crippen LogP contribution in [0.25, 0.3) is 0 Å².